The molecule has 3 heterocycles. The number of allylic oxidation sites excluding steroid dienone is 4. The molecule has 170 valence electrons. The second-order valence-electron chi connectivity index (χ2n) is 9.37. The quantitative estimate of drug-likeness (QED) is 0.233. The lowest BCUT2D eigenvalue weighted by molar-refractivity contribution is 0.961. The Labute approximate surface area is 212 Å². The summed E-state index contributed by atoms with van der Waals surface area (Å²) in [5.74, 6) is 0.721. The van der Waals surface area contributed by atoms with Crippen LogP contribution in [-0.4, -0.2) is 14.5 Å². The summed E-state index contributed by atoms with van der Waals surface area (Å²) < 4.78 is 2.20. The van der Waals surface area contributed by atoms with E-state index in [0.717, 1.165) is 45.8 Å². The summed E-state index contributed by atoms with van der Waals surface area (Å²) in [5.41, 5.74) is 8.45. The molecule has 0 N–H and O–H groups in total. The second-order valence-corrected chi connectivity index (χ2v) is 10.4. The molecule has 0 saturated heterocycles. The molecule has 0 fully saturated rings. The fourth-order valence-corrected chi connectivity index (χ4v) is 6.72. The average Bonchev–Trinajstić information content (AvgIpc) is 3.28. The van der Waals surface area contributed by atoms with Gasteiger partial charge in [0.1, 0.15) is 5.03 Å². The number of aromatic nitrogens is 3. The van der Waals surface area contributed by atoms with E-state index in [4.69, 9.17) is 9.97 Å². The molecule has 0 saturated carbocycles. The predicted octanol–water partition coefficient (Wildman–Crippen LogP) is 8.59. The number of nitrogens with zero attached hydrogens (tertiary/aromatic N) is 3. The molecule has 0 unspecified atom stereocenters. The molecule has 0 radical (unpaired) electrons. The number of hydrogen-bond acceptors (Lipinski definition) is 3. The number of benzene rings is 4. The van der Waals surface area contributed by atoms with E-state index in [1.54, 1.807) is 11.8 Å². The molecule has 2 aromatic heterocycles. The largest absolute Gasteiger partial charge is 0.278 e. The molecule has 36 heavy (non-hydrogen) atoms. The minimum Gasteiger partial charge on any atom is -0.278 e. The van der Waals surface area contributed by atoms with Crippen LogP contribution >= 0.6 is 11.8 Å². The number of fused-ring (bicyclic) bond motifs is 5. The lowest BCUT2D eigenvalue weighted by atomic mass is 9.93. The van der Waals surface area contributed by atoms with E-state index in [0.29, 0.717) is 0 Å². The maximum atomic E-state index is 5.18. The first-order chi connectivity index (χ1) is 17.8. The minimum atomic E-state index is 0.721. The molecule has 1 aliphatic carbocycles. The zero-order valence-electron chi connectivity index (χ0n) is 19.5. The Balaban J connectivity index is 1.37. The molecule has 8 rings (SSSR count). The Morgan fingerprint density at radius 2 is 1.56 bits per heavy atom. The van der Waals surface area contributed by atoms with Crippen molar-refractivity contribution in [1.29, 1.82) is 0 Å². The lowest BCUT2D eigenvalue weighted by Gasteiger charge is -2.21. The zero-order chi connectivity index (χ0) is 23.6. The van der Waals surface area contributed by atoms with Gasteiger partial charge in [0.2, 0.25) is 5.95 Å². The topological polar surface area (TPSA) is 30.7 Å². The summed E-state index contributed by atoms with van der Waals surface area (Å²) in [6.45, 7) is 0. The monoisotopic (exact) mass is 479 g/mol. The Bertz CT molecular complexity index is 1870. The van der Waals surface area contributed by atoms with Crippen LogP contribution in [0.15, 0.2) is 113 Å². The van der Waals surface area contributed by atoms with E-state index in [1.165, 1.54) is 37.9 Å². The van der Waals surface area contributed by atoms with Crippen LogP contribution < -0.4 is 0 Å². The first-order valence-corrected chi connectivity index (χ1v) is 13.1. The van der Waals surface area contributed by atoms with E-state index >= 15 is 0 Å². The van der Waals surface area contributed by atoms with Crippen molar-refractivity contribution in [1.82, 2.24) is 14.5 Å². The van der Waals surface area contributed by atoms with Crippen LogP contribution in [0.3, 0.4) is 0 Å². The van der Waals surface area contributed by atoms with Gasteiger partial charge >= 0.3 is 0 Å². The van der Waals surface area contributed by atoms with E-state index in [2.05, 4.69) is 108 Å². The summed E-state index contributed by atoms with van der Waals surface area (Å²) >= 11 is 1.75. The van der Waals surface area contributed by atoms with Crippen LogP contribution in [0, 0.1) is 0 Å². The van der Waals surface area contributed by atoms with Gasteiger partial charge in [-0.2, -0.15) is 0 Å². The molecule has 0 atom stereocenters. The van der Waals surface area contributed by atoms with Gasteiger partial charge in [0.25, 0.3) is 0 Å². The van der Waals surface area contributed by atoms with E-state index in [1.807, 2.05) is 0 Å². The van der Waals surface area contributed by atoms with Crippen molar-refractivity contribution in [3.63, 3.8) is 0 Å². The second kappa shape index (κ2) is 7.67. The molecular weight excluding hydrogens is 458 g/mol. The van der Waals surface area contributed by atoms with Crippen molar-refractivity contribution < 1.29 is 0 Å². The molecule has 4 heteroatoms. The maximum Gasteiger partial charge on any atom is 0.236 e. The Hall–Kier alpha value is -4.15. The molecule has 1 aliphatic heterocycles. The third-order valence-electron chi connectivity index (χ3n) is 7.32. The van der Waals surface area contributed by atoms with Crippen molar-refractivity contribution in [3.8, 4) is 17.1 Å². The standard InChI is InChI=1S/C32H21N3S/c1-2-9-20(10-3-1)21-17-18-29-25(19-21)24-13-8-14-26-30(24)31(36-29)34-32(33-26)35-27-15-6-4-11-22(27)23-12-5-7-16-28(23)35/h1-2,4-9,11-19H,3,10H2. The number of para-hydroxylation sites is 2. The van der Waals surface area contributed by atoms with Crippen molar-refractivity contribution in [3.05, 3.63) is 109 Å². The molecule has 0 bridgehead atoms. The molecule has 6 aromatic rings. The third-order valence-corrected chi connectivity index (χ3v) is 8.38. The summed E-state index contributed by atoms with van der Waals surface area (Å²) in [6.07, 6.45) is 8.86. The van der Waals surface area contributed by atoms with Gasteiger partial charge in [-0.3, -0.25) is 4.57 Å². The highest BCUT2D eigenvalue weighted by Crippen LogP contribution is 2.48. The van der Waals surface area contributed by atoms with Crippen LogP contribution in [0.4, 0.5) is 0 Å². The van der Waals surface area contributed by atoms with Gasteiger partial charge < -0.3 is 0 Å². The average molecular weight is 480 g/mol. The van der Waals surface area contributed by atoms with Crippen LogP contribution in [0.25, 0.3) is 55.4 Å². The van der Waals surface area contributed by atoms with Gasteiger partial charge in [-0.1, -0.05) is 84.6 Å². The van der Waals surface area contributed by atoms with Gasteiger partial charge in [0.15, 0.2) is 0 Å². The first-order valence-electron chi connectivity index (χ1n) is 12.3. The molecule has 2 aliphatic rings. The van der Waals surface area contributed by atoms with Gasteiger partial charge in [-0.05, 0) is 65.4 Å². The van der Waals surface area contributed by atoms with Crippen molar-refractivity contribution in [2.24, 2.45) is 0 Å². The maximum absolute atomic E-state index is 5.18. The highest BCUT2D eigenvalue weighted by molar-refractivity contribution is 7.99. The van der Waals surface area contributed by atoms with Crippen molar-refractivity contribution in [2.45, 2.75) is 22.8 Å². The smallest absolute Gasteiger partial charge is 0.236 e. The van der Waals surface area contributed by atoms with Gasteiger partial charge in [-0.25, -0.2) is 9.97 Å². The third kappa shape index (κ3) is 2.88. The number of rotatable bonds is 2. The fourth-order valence-electron chi connectivity index (χ4n) is 5.65. The van der Waals surface area contributed by atoms with Gasteiger partial charge in [-0.15, -0.1) is 0 Å². The van der Waals surface area contributed by atoms with Crippen molar-refractivity contribution in [2.75, 3.05) is 0 Å². The normalized spacial score (nSPS) is 14.4. The van der Waals surface area contributed by atoms with Gasteiger partial charge in [0, 0.05) is 21.1 Å². The van der Waals surface area contributed by atoms with Crippen LogP contribution in [0.1, 0.15) is 18.4 Å². The zero-order valence-corrected chi connectivity index (χ0v) is 20.3. The van der Waals surface area contributed by atoms with E-state index in [9.17, 15) is 0 Å². The molecular formula is C32H21N3S. The highest BCUT2D eigenvalue weighted by atomic mass is 32.2. The lowest BCUT2D eigenvalue weighted by Crippen LogP contribution is -2.05. The number of hydrogen-bond donors (Lipinski definition) is 0. The fraction of sp³-hybridized carbons (Fsp3) is 0.0625. The molecule has 4 aromatic carbocycles. The van der Waals surface area contributed by atoms with E-state index < -0.39 is 0 Å². The Kier molecular flexibility index (Phi) is 4.28. The summed E-state index contributed by atoms with van der Waals surface area (Å²) in [4.78, 5) is 11.6. The van der Waals surface area contributed by atoms with Crippen LogP contribution in [0.2, 0.25) is 0 Å². The summed E-state index contributed by atoms with van der Waals surface area (Å²) in [6, 6.07) is 30.4. The predicted molar refractivity (Wildman–Crippen MR) is 150 cm³/mol. The van der Waals surface area contributed by atoms with E-state index in [-0.39, 0.29) is 0 Å². The Morgan fingerprint density at radius 1 is 0.750 bits per heavy atom. The Morgan fingerprint density at radius 3 is 2.33 bits per heavy atom. The SMILES string of the molecule is C1=CCCC(c2ccc3c(c2)-c2cccc4nc(-n5c6ccccc6c6ccccc65)nc(c24)S3)=C1. The summed E-state index contributed by atoms with van der Waals surface area (Å²) in [7, 11) is 0. The highest BCUT2D eigenvalue weighted by Gasteiger charge is 2.24. The van der Waals surface area contributed by atoms with Gasteiger partial charge in [0.05, 0.1) is 16.6 Å². The summed E-state index contributed by atoms with van der Waals surface area (Å²) in [5, 5.41) is 4.61. The molecule has 0 amide bonds. The van der Waals surface area contributed by atoms with Crippen LogP contribution in [0.5, 0.6) is 0 Å². The molecule has 3 nitrogen and oxygen atoms in total. The minimum absolute atomic E-state index is 0.721. The molecule has 0 spiro atoms. The first kappa shape index (κ1) is 20.1. The van der Waals surface area contributed by atoms with Crippen molar-refractivity contribution >= 4 is 50.0 Å². The van der Waals surface area contributed by atoms with Crippen LogP contribution in [-0.2, 0) is 0 Å².